The monoisotopic (exact) mass is 107 g/mol. The first kappa shape index (κ1) is 4.85. The van der Waals surface area contributed by atoms with Crippen LogP contribution in [0.3, 0.4) is 0 Å². The Bertz CT molecular complexity index is 111. The molecule has 1 heteroatoms. The van der Waals surface area contributed by atoms with E-state index in [9.17, 15) is 0 Å². The van der Waals surface area contributed by atoms with E-state index in [0.29, 0.717) is 0 Å². The second kappa shape index (κ2) is 2.12. The van der Waals surface area contributed by atoms with Gasteiger partial charge >= 0.3 is 0 Å². The quantitative estimate of drug-likeness (QED) is 0.324. The van der Waals surface area contributed by atoms with E-state index in [4.69, 9.17) is 0 Å². The van der Waals surface area contributed by atoms with Crippen LogP contribution in [0.5, 0.6) is 0 Å². The molecule has 0 fully saturated rings. The smallest absolute Gasteiger partial charge is 0.0650 e. The van der Waals surface area contributed by atoms with Crippen LogP contribution in [0.1, 0.15) is 12.8 Å². The van der Waals surface area contributed by atoms with Gasteiger partial charge in [-0.3, -0.25) is 0 Å². The van der Waals surface area contributed by atoms with Crippen molar-refractivity contribution in [3.05, 3.63) is 23.4 Å². The minimum absolute atomic E-state index is 1.08. The van der Waals surface area contributed by atoms with Crippen LogP contribution in [-0.4, -0.2) is 10.2 Å². The Labute approximate surface area is 47.3 Å². The zero-order valence-corrected chi connectivity index (χ0v) is 5.15. The Kier molecular flexibility index (Phi) is 1.47. The molecule has 0 N–H and O–H groups in total. The molecule has 0 aromatic heterocycles. The lowest BCUT2D eigenvalue weighted by Crippen LogP contribution is -1.82. The Morgan fingerprint density at radius 1 is 1.43 bits per heavy atom. The summed E-state index contributed by atoms with van der Waals surface area (Å²) in [4.78, 5) is 0. The molecule has 7 heavy (non-hydrogen) atoms. The van der Waals surface area contributed by atoms with E-state index >= 15 is 0 Å². The third kappa shape index (κ3) is 1.31. The largest absolute Gasteiger partial charge is 0.0883 e. The van der Waals surface area contributed by atoms with Gasteiger partial charge < -0.3 is 0 Å². The van der Waals surface area contributed by atoms with Crippen LogP contribution in [0, 0.1) is 0 Å². The normalized spacial score (nSPS) is 19.3. The number of hydrogen-bond donors (Lipinski definition) is 0. The molecular formula is C6H7Si. The van der Waals surface area contributed by atoms with E-state index in [1.54, 1.807) is 0 Å². The van der Waals surface area contributed by atoms with Crippen molar-refractivity contribution in [2.24, 2.45) is 0 Å². The van der Waals surface area contributed by atoms with Crippen molar-refractivity contribution in [2.75, 3.05) is 0 Å². The fourth-order valence-electron chi connectivity index (χ4n) is 0.600. The summed E-state index contributed by atoms with van der Waals surface area (Å²) in [6, 6.07) is 0. The van der Waals surface area contributed by atoms with E-state index in [-0.39, 0.29) is 0 Å². The fourth-order valence-corrected chi connectivity index (χ4v) is 0.836. The molecule has 0 amide bonds. The third-order valence-electron chi connectivity index (χ3n) is 1.00. The molecule has 3 radical (unpaired) electrons. The highest BCUT2D eigenvalue weighted by atomic mass is 28.1. The van der Waals surface area contributed by atoms with Gasteiger partial charge in [0, 0.05) is 0 Å². The van der Waals surface area contributed by atoms with Crippen LogP contribution in [0.4, 0.5) is 0 Å². The maximum atomic E-state index is 3.44. The summed E-state index contributed by atoms with van der Waals surface area (Å²) < 4.78 is 0. The fraction of sp³-hybridized carbons (Fsp3) is 0.333. The van der Waals surface area contributed by atoms with Crippen LogP contribution in [-0.2, 0) is 0 Å². The zero-order chi connectivity index (χ0) is 5.11. The summed E-state index contributed by atoms with van der Waals surface area (Å²) in [5, 5.41) is 1.31. The van der Waals surface area contributed by atoms with Crippen molar-refractivity contribution in [2.45, 2.75) is 12.8 Å². The molecule has 0 saturated carbocycles. The lowest BCUT2D eigenvalue weighted by atomic mass is 10.2. The summed E-state index contributed by atoms with van der Waals surface area (Å²) in [6.07, 6.45) is 8.69. The predicted octanol–water partition coefficient (Wildman–Crippen LogP) is 1.39. The van der Waals surface area contributed by atoms with E-state index in [1.807, 2.05) is 0 Å². The zero-order valence-electron chi connectivity index (χ0n) is 4.15. The van der Waals surface area contributed by atoms with Crippen LogP contribution in [0.25, 0.3) is 0 Å². The SMILES string of the molecule is [Si]C1=CCC=CC1. The van der Waals surface area contributed by atoms with Gasteiger partial charge in [-0.1, -0.05) is 23.4 Å². The van der Waals surface area contributed by atoms with Gasteiger partial charge in [0.05, 0.1) is 10.2 Å². The summed E-state index contributed by atoms with van der Waals surface area (Å²) in [5.41, 5.74) is 0. The average Bonchev–Trinajstić information content (AvgIpc) is 1.69. The molecule has 1 aliphatic rings. The van der Waals surface area contributed by atoms with E-state index in [1.165, 1.54) is 5.20 Å². The molecule has 1 aliphatic carbocycles. The van der Waals surface area contributed by atoms with E-state index in [0.717, 1.165) is 12.8 Å². The minimum Gasteiger partial charge on any atom is -0.0883 e. The summed E-state index contributed by atoms with van der Waals surface area (Å²) >= 11 is 0. The second-order valence-corrected chi connectivity index (χ2v) is 2.28. The average molecular weight is 107 g/mol. The van der Waals surface area contributed by atoms with Crippen LogP contribution in [0.2, 0.25) is 0 Å². The third-order valence-corrected chi connectivity index (χ3v) is 1.41. The standard InChI is InChI=1S/C6H7Si/c7-6-4-2-1-3-5-6/h1-2,5H,3-4H2. The van der Waals surface area contributed by atoms with Crippen molar-refractivity contribution in [3.63, 3.8) is 0 Å². The van der Waals surface area contributed by atoms with Crippen molar-refractivity contribution < 1.29 is 0 Å². The molecular weight excluding hydrogens is 100 g/mol. The molecule has 0 saturated heterocycles. The number of hydrogen-bond acceptors (Lipinski definition) is 0. The van der Waals surface area contributed by atoms with Gasteiger partial charge in [-0.15, -0.1) is 0 Å². The molecule has 0 aromatic carbocycles. The van der Waals surface area contributed by atoms with Crippen molar-refractivity contribution in [1.82, 2.24) is 0 Å². The Morgan fingerprint density at radius 3 is 2.57 bits per heavy atom. The molecule has 0 unspecified atom stereocenters. The van der Waals surface area contributed by atoms with Gasteiger partial charge in [0.25, 0.3) is 0 Å². The van der Waals surface area contributed by atoms with E-state index < -0.39 is 0 Å². The minimum atomic E-state index is 1.08. The van der Waals surface area contributed by atoms with Gasteiger partial charge in [-0.2, -0.15) is 0 Å². The molecule has 0 nitrogen and oxygen atoms in total. The molecule has 35 valence electrons. The van der Waals surface area contributed by atoms with Crippen LogP contribution >= 0.6 is 0 Å². The van der Waals surface area contributed by atoms with Crippen LogP contribution < -0.4 is 0 Å². The molecule has 0 aliphatic heterocycles. The molecule has 1 rings (SSSR count). The van der Waals surface area contributed by atoms with E-state index in [2.05, 4.69) is 28.5 Å². The van der Waals surface area contributed by atoms with Gasteiger partial charge in [0.15, 0.2) is 0 Å². The number of allylic oxidation sites excluding steroid dienone is 4. The van der Waals surface area contributed by atoms with Gasteiger partial charge in [-0.05, 0) is 12.8 Å². The highest BCUT2D eigenvalue weighted by Crippen LogP contribution is 2.05. The maximum Gasteiger partial charge on any atom is 0.0650 e. The first-order chi connectivity index (χ1) is 3.39. The second-order valence-electron chi connectivity index (χ2n) is 1.64. The highest BCUT2D eigenvalue weighted by molar-refractivity contribution is 6.21. The van der Waals surface area contributed by atoms with Crippen molar-refractivity contribution in [3.8, 4) is 0 Å². The van der Waals surface area contributed by atoms with Crippen LogP contribution in [0.15, 0.2) is 23.4 Å². The first-order valence-corrected chi connectivity index (χ1v) is 2.95. The topological polar surface area (TPSA) is 0 Å². The maximum absolute atomic E-state index is 3.44. The summed E-state index contributed by atoms with van der Waals surface area (Å²) in [6.45, 7) is 0. The molecule has 0 aromatic rings. The van der Waals surface area contributed by atoms with Gasteiger partial charge in [0.1, 0.15) is 0 Å². The van der Waals surface area contributed by atoms with Crippen molar-refractivity contribution in [1.29, 1.82) is 0 Å². The highest BCUT2D eigenvalue weighted by Gasteiger charge is 1.87. The Morgan fingerprint density at radius 2 is 2.29 bits per heavy atom. The van der Waals surface area contributed by atoms with Crippen molar-refractivity contribution >= 4 is 10.2 Å². The summed E-state index contributed by atoms with van der Waals surface area (Å²) in [5.74, 6) is 0. The molecule has 0 heterocycles. The first-order valence-electron chi connectivity index (χ1n) is 2.45. The Hall–Kier alpha value is -0.303. The molecule has 0 atom stereocenters. The number of rotatable bonds is 0. The summed E-state index contributed by atoms with van der Waals surface area (Å²) in [7, 11) is 3.44. The lowest BCUT2D eigenvalue weighted by Gasteiger charge is -1.97. The molecule has 0 spiro atoms. The van der Waals surface area contributed by atoms with Gasteiger partial charge in [-0.25, -0.2) is 0 Å². The predicted molar refractivity (Wildman–Crippen MR) is 32.2 cm³/mol. The molecule has 0 bridgehead atoms. The van der Waals surface area contributed by atoms with Gasteiger partial charge in [0.2, 0.25) is 0 Å². The Balaban J connectivity index is 2.50. The lowest BCUT2D eigenvalue weighted by molar-refractivity contribution is 1.21.